The molecule has 3 atom stereocenters. The first-order valence-electron chi connectivity index (χ1n) is 7.11. The first-order valence-corrected chi connectivity index (χ1v) is 9.10. The molecule has 0 spiro atoms. The highest BCUT2D eigenvalue weighted by atomic mass is 79.9. The Labute approximate surface area is 132 Å². The summed E-state index contributed by atoms with van der Waals surface area (Å²) < 4.78 is 1.85. The third-order valence-corrected chi connectivity index (χ3v) is 7.23. The Kier molecular flexibility index (Phi) is 4.54. The predicted octanol–water partition coefficient (Wildman–Crippen LogP) is 4.43. The van der Waals surface area contributed by atoms with E-state index in [0.717, 1.165) is 20.8 Å². The maximum Gasteiger partial charge on any atom is 0.107 e. The molecule has 0 aromatic carbocycles. The van der Waals surface area contributed by atoms with Gasteiger partial charge in [-0.3, -0.25) is 4.90 Å². The lowest BCUT2D eigenvalue weighted by molar-refractivity contribution is 0.0716. The largest absolute Gasteiger partial charge is 0.329 e. The van der Waals surface area contributed by atoms with Crippen LogP contribution in [0.1, 0.15) is 43.0 Å². The van der Waals surface area contributed by atoms with Crippen LogP contribution in [0, 0.1) is 5.92 Å². The van der Waals surface area contributed by atoms with Gasteiger partial charge in [0.25, 0.3) is 0 Å². The van der Waals surface area contributed by atoms with Crippen molar-refractivity contribution >= 4 is 38.9 Å². The molecule has 19 heavy (non-hydrogen) atoms. The molecule has 3 unspecified atom stereocenters. The van der Waals surface area contributed by atoms with E-state index in [1.807, 2.05) is 0 Å². The molecule has 1 aliphatic carbocycles. The minimum atomic E-state index is 0.347. The van der Waals surface area contributed by atoms with Crippen LogP contribution in [-0.4, -0.2) is 24.0 Å². The standard InChI is InChI=1S/C14H20BrClN2S/c15-10-7-13(19-14(10)16)12(8-17)18-6-2-4-9-3-1-5-11(9)18/h7,9,11-12H,1-6,8,17H2. The van der Waals surface area contributed by atoms with E-state index in [1.165, 1.54) is 43.5 Å². The topological polar surface area (TPSA) is 29.3 Å². The predicted molar refractivity (Wildman–Crippen MR) is 85.9 cm³/mol. The summed E-state index contributed by atoms with van der Waals surface area (Å²) in [7, 11) is 0. The van der Waals surface area contributed by atoms with Gasteiger partial charge in [0.1, 0.15) is 4.34 Å². The molecule has 2 heterocycles. The van der Waals surface area contributed by atoms with Crippen molar-refractivity contribution in [1.29, 1.82) is 0 Å². The quantitative estimate of drug-likeness (QED) is 0.861. The van der Waals surface area contributed by atoms with Crippen molar-refractivity contribution in [2.45, 2.75) is 44.2 Å². The van der Waals surface area contributed by atoms with Crippen LogP contribution in [-0.2, 0) is 0 Å². The van der Waals surface area contributed by atoms with Gasteiger partial charge in [-0.15, -0.1) is 11.3 Å². The summed E-state index contributed by atoms with van der Waals surface area (Å²) in [6.07, 6.45) is 6.87. The molecule has 2 fully saturated rings. The van der Waals surface area contributed by atoms with Crippen molar-refractivity contribution in [3.05, 3.63) is 19.8 Å². The molecule has 5 heteroatoms. The zero-order chi connectivity index (χ0) is 13.4. The van der Waals surface area contributed by atoms with Crippen LogP contribution in [0.15, 0.2) is 10.5 Å². The molecule has 0 amide bonds. The van der Waals surface area contributed by atoms with Gasteiger partial charge >= 0.3 is 0 Å². The normalized spacial score (nSPS) is 29.4. The average Bonchev–Trinajstić information content (AvgIpc) is 2.99. The molecule has 1 aromatic rings. The second kappa shape index (κ2) is 6.02. The van der Waals surface area contributed by atoms with Crippen LogP contribution in [0.5, 0.6) is 0 Å². The first kappa shape index (κ1) is 14.3. The summed E-state index contributed by atoms with van der Waals surface area (Å²) in [5, 5.41) is 0. The number of nitrogens with two attached hydrogens (primary N) is 1. The van der Waals surface area contributed by atoms with Crippen LogP contribution in [0.4, 0.5) is 0 Å². The number of halogens is 2. The Bertz CT molecular complexity index is 431. The zero-order valence-electron chi connectivity index (χ0n) is 10.9. The SMILES string of the molecule is NCC(c1cc(Br)c(Cl)s1)N1CCCC2CCCC21. The molecule has 1 saturated carbocycles. The summed E-state index contributed by atoms with van der Waals surface area (Å²) >= 11 is 11.4. The Morgan fingerprint density at radius 1 is 1.42 bits per heavy atom. The Morgan fingerprint density at radius 2 is 2.21 bits per heavy atom. The van der Waals surface area contributed by atoms with Crippen molar-refractivity contribution < 1.29 is 0 Å². The summed E-state index contributed by atoms with van der Waals surface area (Å²) in [6.45, 7) is 1.88. The number of hydrogen-bond acceptors (Lipinski definition) is 3. The fourth-order valence-corrected chi connectivity index (χ4v) is 5.69. The Hall–Kier alpha value is 0.390. The molecule has 3 rings (SSSR count). The van der Waals surface area contributed by atoms with Crippen LogP contribution in [0.3, 0.4) is 0 Å². The van der Waals surface area contributed by atoms with E-state index in [2.05, 4.69) is 26.9 Å². The van der Waals surface area contributed by atoms with Gasteiger partial charge < -0.3 is 5.73 Å². The zero-order valence-corrected chi connectivity index (χ0v) is 14.1. The number of likely N-dealkylation sites (tertiary alicyclic amines) is 1. The number of nitrogens with zero attached hydrogens (tertiary/aromatic N) is 1. The van der Waals surface area contributed by atoms with Crippen molar-refractivity contribution in [3.63, 3.8) is 0 Å². The molecule has 2 aliphatic rings. The van der Waals surface area contributed by atoms with E-state index < -0.39 is 0 Å². The lowest BCUT2D eigenvalue weighted by Crippen LogP contribution is -2.46. The van der Waals surface area contributed by atoms with E-state index >= 15 is 0 Å². The third kappa shape index (κ3) is 2.75. The maximum atomic E-state index is 6.19. The molecule has 0 radical (unpaired) electrons. The summed E-state index contributed by atoms with van der Waals surface area (Å²) in [5.74, 6) is 0.904. The molecule has 2 nitrogen and oxygen atoms in total. The molecule has 1 aromatic heterocycles. The number of hydrogen-bond donors (Lipinski definition) is 1. The molecule has 0 bridgehead atoms. The fraction of sp³-hybridized carbons (Fsp3) is 0.714. The van der Waals surface area contributed by atoms with Gasteiger partial charge in [-0.25, -0.2) is 0 Å². The smallest absolute Gasteiger partial charge is 0.107 e. The Balaban J connectivity index is 1.84. The van der Waals surface area contributed by atoms with E-state index in [0.29, 0.717) is 12.6 Å². The highest BCUT2D eigenvalue weighted by Gasteiger charge is 2.38. The highest BCUT2D eigenvalue weighted by Crippen LogP contribution is 2.43. The number of rotatable bonds is 3. The second-order valence-electron chi connectivity index (χ2n) is 5.66. The molecular weight excluding hydrogens is 344 g/mol. The summed E-state index contributed by atoms with van der Waals surface area (Å²) in [4.78, 5) is 3.97. The number of thiophene rings is 1. The van der Waals surface area contributed by atoms with Gasteiger partial charge in [0.05, 0.1) is 6.04 Å². The summed E-state index contributed by atoms with van der Waals surface area (Å²) in [5.41, 5.74) is 6.08. The van der Waals surface area contributed by atoms with Crippen LogP contribution >= 0.6 is 38.9 Å². The molecule has 1 aliphatic heterocycles. The molecule has 1 saturated heterocycles. The van der Waals surface area contributed by atoms with Crippen LogP contribution < -0.4 is 5.73 Å². The number of piperidine rings is 1. The van der Waals surface area contributed by atoms with Gasteiger partial charge in [-0.1, -0.05) is 18.0 Å². The second-order valence-corrected chi connectivity index (χ2v) is 8.20. The van der Waals surface area contributed by atoms with Gasteiger partial charge in [-0.2, -0.15) is 0 Å². The summed E-state index contributed by atoms with van der Waals surface area (Å²) in [6, 6.07) is 3.25. The van der Waals surface area contributed by atoms with E-state index in [1.54, 1.807) is 11.3 Å². The highest BCUT2D eigenvalue weighted by molar-refractivity contribution is 9.10. The van der Waals surface area contributed by atoms with E-state index in [4.69, 9.17) is 17.3 Å². The third-order valence-electron chi connectivity index (χ3n) is 4.65. The van der Waals surface area contributed by atoms with Gasteiger partial charge in [0.15, 0.2) is 0 Å². The van der Waals surface area contributed by atoms with Gasteiger partial charge in [-0.05, 0) is 60.1 Å². The van der Waals surface area contributed by atoms with Crippen molar-refractivity contribution in [3.8, 4) is 0 Å². The van der Waals surface area contributed by atoms with E-state index in [9.17, 15) is 0 Å². The lowest BCUT2D eigenvalue weighted by atomic mass is 9.90. The monoisotopic (exact) mass is 362 g/mol. The number of fused-ring (bicyclic) bond motifs is 1. The van der Waals surface area contributed by atoms with Gasteiger partial charge in [0.2, 0.25) is 0 Å². The van der Waals surface area contributed by atoms with Crippen molar-refractivity contribution in [1.82, 2.24) is 4.90 Å². The maximum absolute atomic E-state index is 6.19. The minimum absolute atomic E-state index is 0.347. The fourth-order valence-electron chi connectivity index (χ4n) is 3.82. The Morgan fingerprint density at radius 3 is 2.89 bits per heavy atom. The van der Waals surface area contributed by atoms with Crippen LogP contribution in [0.25, 0.3) is 0 Å². The van der Waals surface area contributed by atoms with Crippen molar-refractivity contribution in [2.75, 3.05) is 13.1 Å². The van der Waals surface area contributed by atoms with E-state index in [-0.39, 0.29) is 0 Å². The molecular formula is C14H20BrClN2S. The van der Waals surface area contributed by atoms with Crippen molar-refractivity contribution in [2.24, 2.45) is 11.7 Å². The lowest BCUT2D eigenvalue weighted by Gasteiger charge is -2.42. The minimum Gasteiger partial charge on any atom is -0.329 e. The van der Waals surface area contributed by atoms with Gasteiger partial charge in [0, 0.05) is 21.9 Å². The molecule has 106 valence electrons. The first-order chi connectivity index (χ1) is 9.20. The molecule has 2 N–H and O–H groups in total. The average molecular weight is 364 g/mol. The van der Waals surface area contributed by atoms with Crippen LogP contribution in [0.2, 0.25) is 4.34 Å².